The van der Waals surface area contributed by atoms with Crippen LogP contribution in [0.15, 0.2) is 12.7 Å². The Morgan fingerprint density at radius 2 is 1.84 bits per heavy atom. The summed E-state index contributed by atoms with van der Waals surface area (Å²) in [6.45, 7) is 6.86. The largest absolute Gasteiger partial charge is 0.443 e. The number of sulfonamides is 1. The highest BCUT2D eigenvalue weighted by Crippen LogP contribution is 2.06. The lowest BCUT2D eigenvalue weighted by Gasteiger charge is -2.14. The van der Waals surface area contributed by atoms with Crippen LogP contribution in [0.1, 0.15) is 52.4 Å². The van der Waals surface area contributed by atoms with Crippen LogP contribution in [0.5, 0.6) is 0 Å². The molecule has 0 aliphatic heterocycles. The number of rotatable bonds is 11. The summed E-state index contributed by atoms with van der Waals surface area (Å²) in [7, 11) is -3.39. The Morgan fingerprint density at radius 1 is 1.26 bits per heavy atom. The monoisotopic (exact) mass is 291 g/mol. The van der Waals surface area contributed by atoms with Gasteiger partial charge in [0.1, 0.15) is 0 Å². The van der Waals surface area contributed by atoms with E-state index in [2.05, 4.69) is 18.2 Å². The summed E-state index contributed by atoms with van der Waals surface area (Å²) < 4.78 is 30.4. The van der Waals surface area contributed by atoms with Crippen molar-refractivity contribution >= 4 is 16.0 Å². The fraction of sp³-hybridized carbons (Fsp3) is 0.769. The van der Waals surface area contributed by atoms with Gasteiger partial charge in [0.25, 0.3) is 0 Å². The molecule has 0 aromatic heterocycles. The van der Waals surface area contributed by atoms with E-state index >= 15 is 0 Å². The Labute approximate surface area is 116 Å². The van der Waals surface area contributed by atoms with Gasteiger partial charge in [0, 0.05) is 6.08 Å². The Hall–Kier alpha value is -0.880. The van der Waals surface area contributed by atoms with Gasteiger partial charge >= 0.3 is 5.97 Å². The molecule has 0 bridgehead atoms. The first kappa shape index (κ1) is 18.1. The van der Waals surface area contributed by atoms with E-state index in [1.807, 2.05) is 0 Å². The Morgan fingerprint density at radius 3 is 2.42 bits per heavy atom. The van der Waals surface area contributed by atoms with E-state index in [9.17, 15) is 13.2 Å². The summed E-state index contributed by atoms with van der Waals surface area (Å²) in [4.78, 5) is 10.9. The lowest BCUT2D eigenvalue weighted by atomic mass is 10.1. The predicted octanol–water partition coefficient (Wildman–Crippen LogP) is 2.34. The Bertz CT molecular complexity index is 365. The molecule has 0 radical (unpaired) electrons. The molecule has 19 heavy (non-hydrogen) atoms. The number of esters is 1. The zero-order chi connectivity index (χ0) is 14.7. The van der Waals surface area contributed by atoms with Gasteiger partial charge in [0.05, 0.1) is 5.75 Å². The van der Waals surface area contributed by atoms with Crippen LogP contribution in [0, 0.1) is 0 Å². The third-order valence-corrected chi connectivity index (χ3v) is 4.09. The number of carbonyl (C=O) groups is 1. The number of hydrogen-bond acceptors (Lipinski definition) is 4. The van der Waals surface area contributed by atoms with Crippen molar-refractivity contribution in [3.8, 4) is 0 Å². The van der Waals surface area contributed by atoms with Crippen LogP contribution in [0.2, 0.25) is 0 Å². The van der Waals surface area contributed by atoms with Crippen molar-refractivity contribution in [1.82, 2.24) is 4.72 Å². The quantitative estimate of drug-likeness (QED) is 0.274. The molecule has 0 aromatic carbocycles. The van der Waals surface area contributed by atoms with Gasteiger partial charge in [-0.15, -0.1) is 0 Å². The van der Waals surface area contributed by atoms with Crippen molar-refractivity contribution in [2.75, 3.05) is 5.75 Å². The van der Waals surface area contributed by atoms with E-state index in [1.54, 1.807) is 0 Å². The molecule has 0 aliphatic rings. The maximum atomic E-state index is 11.7. The zero-order valence-electron chi connectivity index (χ0n) is 11.9. The van der Waals surface area contributed by atoms with Gasteiger partial charge < -0.3 is 4.74 Å². The van der Waals surface area contributed by atoms with Crippen LogP contribution in [0.3, 0.4) is 0 Å². The molecule has 0 rings (SSSR count). The Balaban J connectivity index is 3.85. The van der Waals surface area contributed by atoms with Gasteiger partial charge in [-0.25, -0.2) is 13.2 Å². The molecular weight excluding hydrogens is 266 g/mol. The summed E-state index contributed by atoms with van der Waals surface area (Å²) in [6, 6.07) is 0. The van der Waals surface area contributed by atoms with Crippen LogP contribution in [0.4, 0.5) is 0 Å². The summed E-state index contributed by atoms with van der Waals surface area (Å²) in [5.74, 6) is -0.579. The first-order valence-electron chi connectivity index (χ1n) is 6.74. The molecule has 0 aliphatic carbocycles. The van der Waals surface area contributed by atoms with Gasteiger partial charge in [-0.05, 0) is 13.3 Å². The second kappa shape index (κ2) is 9.97. The molecule has 1 atom stereocenters. The molecule has 0 spiro atoms. The van der Waals surface area contributed by atoms with E-state index < -0.39 is 22.2 Å². The number of unbranched alkanes of at least 4 members (excludes halogenated alkanes) is 5. The normalized spacial score (nSPS) is 12.9. The maximum Gasteiger partial charge on any atom is 0.331 e. The molecule has 0 amide bonds. The average Bonchev–Trinajstić information content (AvgIpc) is 2.32. The van der Waals surface area contributed by atoms with Crippen LogP contribution in [0.25, 0.3) is 0 Å². The maximum absolute atomic E-state index is 11.7. The fourth-order valence-electron chi connectivity index (χ4n) is 1.63. The van der Waals surface area contributed by atoms with Gasteiger partial charge in [-0.3, -0.25) is 0 Å². The highest BCUT2D eigenvalue weighted by Gasteiger charge is 2.15. The molecule has 0 heterocycles. The van der Waals surface area contributed by atoms with Crippen molar-refractivity contribution in [2.45, 2.75) is 58.6 Å². The van der Waals surface area contributed by atoms with E-state index in [-0.39, 0.29) is 5.75 Å². The third kappa shape index (κ3) is 10.7. The number of nitrogens with one attached hydrogen (secondary N) is 1. The number of hydrogen-bond donors (Lipinski definition) is 1. The lowest BCUT2D eigenvalue weighted by Crippen LogP contribution is -2.37. The molecule has 0 aromatic rings. The smallest absolute Gasteiger partial charge is 0.331 e. The lowest BCUT2D eigenvalue weighted by molar-refractivity contribution is -0.142. The number of ether oxygens (including phenoxy) is 1. The fourth-order valence-corrected chi connectivity index (χ4v) is 2.89. The van der Waals surface area contributed by atoms with Gasteiger partial charge in [0.15, 0.2) is 6.23 Å². The van der Waals surface area contributed by atoms with Crippen molar-refractivity contribution in [2.24, 2.45) is 0 Å². The van der Waals surface area contributed by atoms with E-state index in [0.717, 1.165) is 25.3 Å². The minimum Gasteiger partial charge on any atom is -0.443 e. The zero-order valence-corrected chi connectivity index (χ0v) is 12.7. The molecule has 0 saturated carbocycles. The summed E-state index contributed by atoms with van der Waals surface area (Å²) in [5, 5.41) is 0. The summed E-state index contributed by atoms with van der Waals surface area (Å²) >= 11 is 0. The van der Waals surface area contributed by atoms with Gasteiger partial charge in [0.2, 0.25) is 10.0 Å². The topological polar surface area (TPSA) is 72.5 Å². The SMILES string of the molecule is C=CC(=O)OC(C)NS(=O)(=O)CCCCCCCC. The van der Waals surface area contributed by atoms with Crippen LogP contribution in [-0.2, 0) is 19.6 Å². The average molecular weight is 291 g/mol. The van der Waals surface area contributed by atoms with Crippen molar-refractivity contribution in [1.29, 1.82) is 0 Å². The van der Waals surface area contributed by atoms with Crippen molar-refractivity contribution in [3.05, 3.63) is 12.7 Å². The predicted molar refractivity (Wildman–Crippen MR) is 76.0 cm³/mol. The van der Waals surface area contributed by atoms with Crippen molar-refractivity contribution in [3.63, 3.8) is 0 Å². The van der Waals surface area contributed by atoms with E-state index in [0.29, 0.717) is 6.42 Å². The number of carbonyl (C=O) groups excluding carboxylic acids is 1. The van der Waals surface area contributed by atoms with Crippen molar-refractivity contribution < 1.29 is 17.9 Å². The summed E-state index contributed by atoms with van der Waals surface area (Å²) in [5.41, 5.74) is 0. The van der Waals surface area contributed by atoms with E-state index in [4.69, 9.17) is 4.74 Å². The highest BCUT2D eigenvalue weighted by atomic mass is 32.2. The van der Waals surface area contributed by atoms with Crippen LogP contribution < -0.4 is 4.72 Å². The molecule has 5 nitrogen and oxygen atoms in total. The highest BCUT2D eigenvalue weighted by molar-refractivity contribution is 7.89. The first-order valence-corrected chi connectivity index (χ1v) is 8.39. The first-order chi connectivity index (χ1) is 8.91. The van der Waals surface area contributed by atoms with E-state index in [1.165, 1.54) is 19.8 Å². The van der Waals surface area contributed by atoms with Crippen LogP contribution >= 0.6 is 0 Å². The third-order valence-electron chi connectivity index (χ3n) is 2.57. The molecule has 1 N–H and O–H groups in total. The standard InChI is InChI=1S/C13H25NO4S/c1-4-6-7-8-9-10-11-19(16,17)14-12(3)18-13(15)5-2/h5,12,14H,2,4,6-11H2,1,3H3. The van der Waals surface area contributed by atoms with Gasteiger partial charge in [-0.1, -0.05) is 45.6 Å². The van der Waals surface area contributed by atoms with Gasteiger partial charge in [-0.2, -0.15) is 4.72 Å². The molecule has 6 heteroatoms. The molecule has 112 valence electrons. The molecular formula is C13H25NO4S. The molecule has 1 unspecified atom stereocenters. The Kier molecular flexibility index (Phi) is 9.51. The van der Waals surface area contributed by atoms with Crippen LogP contribution in [-0.4, -0.2) is 26.4 Å². The second-order valence-electron chi connectivity index (χ2n) is 4.49. The molecule has 0 fully saturated rings. The molecule has 0 saturated heterocycles. The minimum atomic E-state index is -3.39. The second-order valence-corrected chi connectivity index (χ2v) is 6.36. The summed E-state index contributed by atoms with van der Waals surface area (Å²) in [6.07, 6.45) is 6.24. The minimum absolute atomic E-state index is 0.0646.